The highest BCUT2D eigenvalue weighted by molar-refractivity contribution is 5.73. The fourth-order valence-corrected chi connectivity index (χ4v) is 3.78. The fourth-order valence-electron chi connectivity index (χ4n) is 3.78. The van der Waals surface area contributed by atoms with Gasteiger partial charge >= 0.3 is 12.1 Å². The number of hydrogen-bond donors (Lipinski definition) is 1. The van der Waals surface area contributed by atoms with Crippen molar-refractivity contribution in [3.63, 3.8) is 0 Å². The number of imidazole rings is 1. The Morgan fingerprint density at radius 3 is 2.61 bits per heavy atom. The van der Waals surface area contributed by atoms with E-state index in [9.17, 15) is 13.2 Å². The minimum absolute atomic E-state index is 0.321. The summed E-state index contributed by atoms with van der Waals surface area (Å²) >= 11 is 0. The first-order chi connectivity index (χ1) is 15.7. The Labute approximate surface area is 188 Å². The predicted molar refractivity (Wildman–Crippen MR) is 113 cm³/mol. The number of halogens is 3. The maximum absolute atomic E-state index is 10.6. The number of rotatable bonds is 3. The number of carbonyl (C=O) groups is 1. The quantitative estimate of drug-likeness (QED) is 0.629. The molecule has 0 bridgehead atoms. The maximum atomic E-state index is 10.6. The average molecular weight is 461 g/mol. The zero-order valence-corrected chi connectivity index (χ0v) is 17.8. The predicted octanol–water partition coefficient (Wildman–Crippen LogP) is 4.24. The summed E-state index contributed by atoms with van der Waals surface area (Å²) in [7, 11) is 0. The standard InChI is InChI=1S/C21H21N3O2.C2HF3O2/c1-15-3-2-4-17(9-15)18-11-22-21-13-23(7-8-24(18)21)12-16-5-6-19-20(10-16)26-14-25-19;3-2(4,5)1(6)7/h2-6,9-11H,7-8,12-14H2,1H3;(H,6,7). The van der Waals surface area contributed by atoms with Gasteiger partial charge in [0.2, 0.25) is 6.79 Å². The van der Waals surface area contributed by atoms with Crippen LogP contribution in [0.25, 0.3) is 11.3 Å². The smallest absolute Gasteiger partial charge is 0.475 e. The molecule has 2 aromatic carbocycles. The van der Waals surface area contributed by atoms with Crippen LogP contribution in [0.4, 0.5) is 13.2 Å². The molecule has 0 saturated carbocycles. The van der Waals surface area contributed by atoms with E-state index in [1.807, 2.05) is 12.3 Å². The van der Waals surface area contributed by atoms with Crippen molar-refractivity contribution in [3.05, 3.63) is 65.6 Å². The third-order valence-corrected chi connectivity index (χ3v) is 5.34. The van der Waals surface area contributed by atoms with Gasteiger partial charge in [0, 0.05) is 25.2 Å². The lowest BCUT2D eigenvalue weighted by molar-refractivity contribution is -0.192. The molecule has 0 spiro atoms. The molecule has 1 aromatic heterocycles. The Balaban J connectivity index is 0.000000325. The normalized spacial score (nSPS) is 14.9. The van der Waals surface area contributed by atoms with Gasteiger partial charge in [-0.05, 0) is 30.7 Å². The van der Waals surface area contributed by atoms with Crippen LogP contribution in [-0.2, 0) is 24.4 Å². The molecular formula is C23H22F3N3O4. The summed E-state index contributed by atoms with van der Waals surface area (Å²) in [6.45, 7) is 6.18. The van der Waals surface area contributed by atoms with Gasteiger partial charge in [0.15, 0.2) is 11.5 Å². The summed E-state index contributed by atoms with van der Waals surface area (Å²) in [5.74, 6) is 0.0643. The average Bonchev–Trinajstić information content (AvgIpc) is 3.39. The van der Waals surface area contributed by atoms with Crippen molar-refractivity contribution in [2.45, 2.75) is 32.7 Å². The van der Waals surface area contributed by atoms with Gasteiger partial charge in [-0.3, -0.25) is 4.90 Å². The zero-order chi connectivity index (χ0) is 23.6. The topological polar surface area (TPSA) is 76.8 Å². The summed E-state index contributed by atoms with van der Waals surface area (Å²) in [4.78, 5) is 16.0. The van der Waals surface area contributed by atoms with E-state index in [-0.39, 0.29) is 0 Å². The molecule has 0 amide bonds. The Hall–Kier alpha value is -3.53. The van der Waals surface area contributed by atoms with E-state index < -0.39 is 12.1 Å². The number of alkyl halides is 3. The van der Waals surface area contributed by atoms with E-state index in [0.29, 0.717) is 6.79 Å². The van der Waals surface area contributed by atoms with Crippen LogP contribution in [0.2, 0.25) is 0 Å². The summed E-state index contributed by atoms with van der Waals surface area (Å²) in [5, 5.41) is 7.12. The lowest BCUT2D eigenvalue weighted by atomic mass is 10.1. The Morgan fingerprint density at radius 2 is 1.88 bits per heavy atom. The highest BCUT2D eigenvalue weighted by atomic mass is 19.4. The van der Waals surface area contributed by atoms with Gasteiger partial charge in [0.25, 0.3) is 0 Å². The highest BCUT2D eigenvalue weighted by Crippen LogP contribution is 2.33. The second-order valence-electron chi connectivity index (χ2n) is 7.78. The summed E-state index contributed by atoms with van der Waals surface area (Å²) in [6, 6.07) is 14.8. The number of carboxylic acid groups (broad SMARTS) is 1. The molecule has 0 aliphatic carbocycles. The number of benzene rings is 2. The third-order valence-electron chi connectivity index (χ3n) is 5.34. The van der Waals surface area contributed by atoms with Crippen molar-refractivity contribution in [3.8, 4) is 22.8 Å². The first-order valence-corrected chi connectivity index (χ1v) is 10.2. The van der Waals surface area contributed by atoms with Crippen molar-refractivity contribution in [1.29, 1.82) is 0 Å². The van der Waals surface area contributed by atoms with Crippen molar-refractivity contribution in [2.75, 3.05) is 13.3 Å². The van der Waals surface area contributed by atoms with E-state index in [1.54, 1.807) is 0 Å². The lowest BCUT2D eigenvalue weighted by Crippen LogP contribution is -2.33. The Bertz CT molecular complexity index is 1160. The van der Waals surface area contributed by atoms with Crippen LogP contribution in [0.5, 0.6) is 11.5 Å². The molecule has 5 rings (SSSR count). The van der Waals surface area contributed by atoms with Crippen molar-refractivity contribution >= 4 is 5.97 Å². The van der Waals surface area contributed by atoms with Crippen LogP contribution in [0.15, 0.2) is 48.7 Å². The number of aliphatic carboxylic acids is 1. The maximum Gasteiger partial charge on any atom is 0.490 e. The zero-order valence-electron chi connectivity index (χ0n) is 17.8. The summed E-state index contributed by atoms with van der Waals surface area (Å²) in [6.07, 6.45) is -3.08. The summed E-state index contributed by atoms with van der Waals surface area (Å²) in [5.41, 5.74) is 4.98. The molecule has 174 valence electrons. The number of hydrogen-bond acceptors (Lipinski definition) is 5. The van der Waals surface area contributed by atoms with Crippen molar-refractivity contribution < 1.29 is 32.5 Å². The molecule has 3 heterocycles. The molecule has 0 fully saturated rings. The molecule has 10 heteroatoms. The summed E-state index contributed by atoms with van der Waals surface area (Å²) < 4.78 is 45.0. The van der Waals surface area contributed by atoms with Crippen LogP contribution < -0.4 is 9.47 Å². The van der Waals surface area contributed by atoms with E-state index >= 15 is 0 Å². The van der Waals surface area contributed by atoms with Gasteiger partial charge in [-0.2, -0.15) is 13.2 Å². The number of aromatic nitrogens is 2. The van der Waals surface area contributed by atoms with Crippen LogP contribution in [0.1, 0.15) is 17.0 Å². The third kappa shape index (κ3) is 5.28. The van der Waals surface area contributed by atoms with E-state index in [0.717, 1.165) is 43.5 Å². The van der Waals surface area contributed by atoms with Gasteiger partial charge in [0.1, 0.15) is 5.82 Å². The Kier molecular flexibility index (Phi) is 6.28. The molecule has 7 nitrogen and oxygen atoms in total. The molecule has 33 heavy (non-hydrogen) atoms. The minimum atomic E-state index is -5.08. The number of aryl methyl sites for hydroxylation is 1. The van der Waals surface area contributed by atoms with Crippen LogP contribution in [-0.4, -0.2) is 45.0 Å². The SMILES string of the molecule is Cc1cccc(-c2cnc3n2CCN(Cc2ccc4c(c2)OCO4)C3)c1.O=C(O)C(F)(F)F. The van der Waals surface area contributed by atoms with Gasteiger partial charge in [-0.15, -0.1) is 0 Å². The minimum Gasteiger partial charge on any atom is -0.475 e. The molecule has 0 atom stereocenters. The molecule has 0 saturated heterocycles. The van der Waals surface area contributed by atoms with Crippen LogP contribution >= 0.6 is 0 Å². The lowest BCUT2D eigenvalue weighted by Gasteiger charge is -2.28. The van der Waals surface area contributed by atoms with E-state index in [4.69, 9.17) is 19.4 Å². The molecule has 3 aromatic rings. The molecule has 0 radical (unpaired) electrons. The second kappa shape index (κ2) is 9.14. The number of ether oxygens (including phenoxy) is 2. The number of fused-ring (bicyclic) bond motifs is 2. The number of nitrogens with zero attached hydrogens (tertiary/aromatic N) is 3. The van der Waals surface area contributed by atoms with Gasteiger partial charge in [-0.1, -0.05) is 29.8 Å². The van der Waals surface area contributed by atoms with Gasteiger partial charge in [-0.25, -0.2) is 9.78 Å². The molecule has 0 unspecified atom stereocenters. The first kappa shape index (κ1) is 22.7. The fraction of sp³-hybridized carbons (Fsp3) is 0.304. The largest absolute Gasteiger partial charge is 0.490 e. The van der Waals surface area contributed by atoms with Gasteiger partial charge in [0.05, 0.1) is 18.4 Å². The monoisotopic (exact) mass is 461 g/mol. The Morgan fingerprint density at radius 1 is 1.12 bits per heavy atom. The molecular weight excluding hydrogens is 439 g/mol. The van der Waals surface area contributed by atoms with Crippen molar-refractivity contribution in [1.82, 2.24) is 14.5 Å². The van der Waals surface area contributed by atoms with E-state index in [1.165, 1.54) is 22.4 Å². The van der Waals surface area contributed by atoms with Crippen LogP contribution in [0, 0.1) is 6.92 Å². The number of carboxylic acids is 1. The van der Waals surface area contributed by atoms with Crippen LogP contribution in [0.3, 0.4) is 0 Å². The first-order valence-electron chi connectivity index (χ1n) is 10.2. The molecule has 2 aliphatic rings. The van der Waals surface area contributed by atoms with E-state index in [2.05, 4.69) is 57.8 Å². The van der Waals surface area contributed by atoms with Gasteiger partial charge < -0.3 is 19.1 Å². The van der Waals surface area contributed by atoms with Crippen molar-refractivity contribution in [2.24, 2.45) is 0 Å². The molecule has 1 N–H and O–H groups in total. The highest BCUT2D eigenvalue weighted by Gasteiger charge is 2.38. The molecule has 2 aliphatic heterocycles. The second-order valence-corrected chi connectivity index (χ2v) is 7.78.